The Labute approximate surface area is 178 Å². The van der Waals surface area contributed by atoms with Gasteiger partial charge < -0.3 is 10.2 Å². The van der Waals surface area contributed by atoms with Crippen LogP contribution in [0.25, 0.3) is 5.82 Å². The molecule has 0 spiro atoms. The van der Waals surface area contributed by atoms with E-state index in [1.165, 1.54) is 5.56 Å². The lowest BCUT2D eigenvalue weighted by molar-refractivity contribution is 0.172. The molecule has 0 bridgehead atoms. The second-order valence-corrected chi connectivity index (χ2v) is 7.52. The van der Waals surface area contributed by atoms with E-state index >= 15 is 0 Å². The zero-order valence-corrected chi connectivity index (χ0v) is 17.7. The number of rotatable bonds is 5. The number of nitrogens with zero attached hydrogens (tertiary/aromatic N) is 6. The van der Waals surface area contributed by atoms with Gasteiger partial charge in [0.15, 0.2) is 5.96 Å². The molecule has 1 aliphatic heterocycles. The first-order chi connectivity index (χ1) is 14.7. The largest absolute Gasteiger partial charge is 0.352 e. The van der Waals surface area contributed by atoms with E-state index in [2.05, 4.69) is 66.5 Å². The highest BCUT2D eigenvalue weighted by atomic mass is 15.3. The molecule has 1 aliphatic rings. The van der Waals surface area contributed by atoms with E-state index in [9.17, 15) is 0 Å². The summed E-state index contributed by atoms with van der Waals surface area (Å²) in [5.74, 6) is 2.76. The molecule has 0 radical (unpaired) electrons. The molecule has 30 heavy (non-hydrogen) atoms. The highest BCUT2D eigenvalue weighted by molar-refractivity contribution is 5.80. The van der Waals surface area contributed by atoms with Crippen molar-refractivity contribution in [1.29, 1.82) is 0 Å². The van der Waals surface area contributed by atoms with E-state index in [0.29, 0.717) is 6.54 Å². The fourth-order valence-electron chi connectivity index (χ4n) is 3.76. The predicted octanol–water partition coefficient (Wildman–Crippen LogP) is 2.47. The molecule has 0 unspecified atom stereocenters. The van der Waals surface area contributed by atoms with Crippen molar-refractivity contribution in [3.05, 3.63) is 78.0 Å². The van der Waals surface area contributed by atoms with Crippen molar-refractivity contribution in [2.45, 2.75) is 20.0 Å². The summed E-state index contributed by atoms with van der Waals surface area (Å²) >= 11 is 0. The van der Waals surface area contributed by atoms with Crippen LogP contribution in [-0.4, -0.2) is 63.5 Å². The Morgan fingerprint density at radius 1 is 1.00 bits per heavy atom. The lowest BCUT2D eigenvalue weighted by Gasteiger charge is -2.36. The Morgan fingerprint density at radius 3 is 2.43 bits per heavy atom. The molecule has 4 rings (SSSR count). The maximum atomic E-state index is 4.57. The molecule has 1 saturated heterocycles. The van der Waals surface area contributed by atoms with Crippen LogP contribution in [0, 0.1) is 6.92 Å². The van der Waals surface area contributed by atoms with Crippen LogP contribution in [-0.2, 0) is 13.1 Å². The summed E-state index contributed by atoms with van der Waals surface area (Å²) in [6.07, 6.45) is 5.62. The maximum Gasteiger partial charge on any atom is 0.194 e. The van der Waals surface area contributed by atoms with Gasteiger partial charge in [-0.2, -0.15) is 0 Å². The van der Waals surface area contributed by atoms with E-state index in [1.54, 1.807) is 6.20 Å². The Bertz CT molecular complexity index is 955. The second kappa shape index (κ2) is 9.54. The van der Waals surface area contributed by atoms with Crippen molar-refractivity contribution >= 4 is 5.96 Å². The fourth-order valence-corrected chi connectivity index (χ4v) is 3.76. The Balaban J connectivity index is 1.28. The number of hydrogen-bond acceptors (Lipinski definition) is 4. The molecule has 7 heteroatoms. The zero-order chi connectivity index (χ0) is 20.8. The number of nitrogens with one attached hydrogen (secondary N) is 1. The molecule has 7 nitrogen and oxygen atoms in total. The summed E-state index contributed by atoms with van der Waals surface area (Å²) in [4.78, 5) is 18.1. The molecule has 0 atom stereocenters. The molecule has 1 N–H and O–H groups in total. The van der Waals surface area contributed by atoms with Crippen LogP contribution in [0.4, 0.5) is 0 Å². The highest BCUT2D eigenvalue weighted by Crippen LogP contribution is 2.10. The standard InChI is InChI=1S/C23H29N7/c1-19-25-10-11-30(19)22-9-8-21(16-26-22)17-27-23(24-2)29-14-12-28(13-15-29)18-20-6-4-3-5-7-20/h3-11,16H,12-15,17-18H2,1-2H3,(H,24,27). The molecule has 0 saturated carbocycles. The Morgan fingerprint density at radius 2 is 1.80 bits per heavy atom. The number of guanidine groups is 1. The van der Waals surface area contributed by atoms with Gasteiger partial charge in [0.05, 0.1) is 0 Å². The number of aliphatic imine (C=N–C) groups is 1. The summed E-state index contributed by atoms with van der Waals surface area (Å²) in [6.45, 7) is 7.71. The third kappa shape index (κ3) is 4.86. The molecular weight excluding hydrogens is 374 g/mol. The van der Waals surface area contributed by atoms with Gasteiger partial charge in [-0.3, -0.25) is 14.5 Å². The average Bonchev–Trinajstić information content (AvgIpc) is 3.22. The topological polar surface area (TPSA) is 61.6 Å². The number of hydrogen-bond donors (Lipinski definition) is 1. The van der Waals surface area contributed by atoms with Crippen molar-refractivity contribution in [2.75, 3.05) is 33.2 Å². The van der Waals surface area contributed by atoms with Gasteiger partial charge in [0.1, 0.15) is 11.6 Å². The highest BCUT2D eigenvalue weighted by Gasteiger charge is 2.19. The van der Waals surface area contributed by atoms with Crippen LogP contribution < -0.4 is 5.32 Å². The first kappa shape index (κ1) is 20.1. The minimum absolute atomic E-state index is 0.701. The van der Waals surface area contributed by atoms with Crippen molar-refractivity contribution < 1.29 is 0 Å². The van der Waals surface area contributed by atoms with Gasteiger partial charge in [0.25, 0.3) is 0 Å². The summed E-state index contributed by atoms with van der Waals surface area (Å²) < 4.78 is 1.98. The first-order valence-electron chi connectivity index (χ1n) is 10.4. The lowest BCUT2D eigenvalue weighted by Crippen LogP contribution is -2.52. The zero-order valence-electron chi connectivity index (χ0n) is 17.7. The minimum Gasteiger partial charge on any atom is -0.352 e. The number of piperazine rings is 1. The molecule has 156 valence electrons. The number of imidazole rings is 1. The second-order valence-electron chi connectivity index (χ2n) is 7.52. The number of pyridine rings is 1. The van der Waals surface area contributed by atoms with Gasteiger partial charge in [-0.1, -0.05) is 36.4 Å². The normalized spacial score (nSPS) is 15.4. The molecule has 1 fully saturated rings. The monoisotopic (exact) mass is 403 g/mol. The minimum atomic E-state index is 0.701. The smallest absolute Gasteiger partial charge is 0.194 e. The van der Waals surface area contributed by atoms with Gasteiger partial charge in [0.2, 0.25) is 0 Å². The van der Waals surface area contributed by atoms with Gasteiger partial charge in [-0.05, 0) is 24.1 Å². The summed E-state index contributed by atoms with van der Waals surface area (Å²) in [5.41, 5.74) is 2.50. The molecule has 0 amide bonds. The van der Waals surface area contributed by atoms with E-state index in [4.69, 9.17) is 0 Å². The third-order valence-electron chi connectivity index (χ3n) is 5.46. The third-order valence-corrected chi connectivity index (χ3v) is 5.46. The van der Waals surface area contributed by atoms with Crippen molar-refractivity contribution in [2.24, 2.45) is 4.99 Å². The van der Waals surface area contributed by atoms with Crippen LogP contribution in [0.2, 0.25) is 0 Å². The van der Waals surface area contributed by atoms with E-state index in [1.807, 2.05) is 37.0 Å². The molecule has 3 aromatic rings. The Kier molecular flexibility index (Phi) is 6.39. The SMILES string of the molecule is CN=C(NCc1ccc(-n2ccnc2C)nc1)N1CCN(Cc2ccccc2)CC1. The quantitative estimate of drug-likeness (QED) is 0.524. The lowest BCUT2D eigenvalue weighted by atomic mass is 10.2. The van der Waals surface area contributed by atoms with E-state index < -0.39 is 0 Å². The van der Waals surface area contributed by atoms with Gasteiger partial charge in [-0.25, -0.2) is 9.97 Å². The van der Waals surface area contributed by atoms with E-state index in [-0.39, 0.29) is 0 Å². The summed E-state index contributed by atoms with van der Waals surface area (Å²) in [7, 11) is 1.85. The molecule has 1 aromatic carbocycles. The maximum absolute atomic E-state index is 4.57. The van der Waals surface area contributed by atoms with Gasteiger partial charge >= 0.3 is 0 Å². The molecular formula is C23H29N7. The average molecular weight is 404 g/mol. The first-order valence-corrected chi connectivity index (χ1v) is 10.4. The van der Waals surface area contributed by atoms with Crippen molar-refractivity contribution in [1.82, 2.24) is 29.7 Å². The molecule has 0 aliphatic carbocycles. The Hall–Kier alpha value is -3.19. The van der Waals surface area contributed by atoms with Crippen molar-refractivity contribution in [3.63, 3.8) is 0 Å². The predicted molar refractivity (Wildman–Crippen MR) is 120 cm³/mol. The van der Waals surface area contributed by atoms with Crippen LogP contribution in [0.3, 0.4) is 0 Å². The number of benzene rings is 1. The summed E-state index contributed by atoms with van der Waals surface area (Å²) in [6, 6.07) is 14.8. The number of aryl methyl sites for hydroxylation is 1. The molecule has 3 heterocycles. The van der Waals surface area contributed by atoms with Crippen LogP contribution in [0.15, 0.2) is 66.0 Å². The summed E-state index contributed by atoms with van der Waals surface area (Å²) in [5, 5.41) is 3.48. The van der Waals surface area contributed by atoms with Gasteiger partial charge in [0, 0.05) is 64.9 Å². The van der Waals surface area contributed by atoms with Crippen molar-refractivity contribution in [3.8, 4) is 5.82 Å². The number of aromatic nitrogens is 3. The van der Waals surface area contributed by atoms with Crippen LogP contribution in [0.5, 0.6) is 0 Å². The van der Waals surface area contributed by atoms with Gasteiger partial charge in [-0.15, -0.1) is 0 Å². The van der Waals surface area contributed by atoms with Crippen LogP contribution >= 0.6 is 0 Å². The van der Waals surface area contributed by atoms with E-state index in [0.717, 1.165) is 55.9 Å². The fraction of sp³-hybridized carbons (Fsp3) is 0.348. The molecule has 2 aromatic heterocycles. The van der Waals surface area contributed by atoms with Crippen LogP contribution in [0.1, 0.15) is 17.0 Å².